The van der Waals surface area contributed by atoms with Crippen molar-refractivity contribution in [2.24, 2.45) is 0 Å². The van der Waals surface area contributed by atoms with Crippen molar-refractivity contribution in [2.45, 2.75) is 13.3 Å². The maximum Gasteiger partial charge on any atom is 0.282 e. The van der Waals surface area contributed by atoms with E-state index >= 15 is 0 Å². The number of carbonyl (C=O) groups is 2. The molecule has 0 aromatic heterocycles. The second kappa shape index (κ2) is 8.83. The number of nitrogens with zero attached hydrogens (tertiary/aromatic N) is 1. The minimum absolute atomic E-state index is 0.141. The number of hydrogen-bond acceptors (Lipinski definition) is 4. The van der Waals surface area contributed by atoms with Gasteiger partial charge in [-0.3, -0.25) is 9.59 Å². The summed E-state index contributed by atoms with van der Waals surface area (Å²) in [6.45, 7) is 2.54. The van der Waals surface area contributed by atoms with Crippen LogP contribution in [0.5, 0.6) is 5.75 Å². The Morgan fingerprint density at radius 2 is 1.65 bits per heavy atom. The van der Waals surface area contributed by atoms with Crippen molar-refractivity contribution in [1.29, 1.82) is 0 Å². The van der Waals surface area contributed by atoms with E-state index in [0.29, 0.717) is 29.3 Å². The molecule has 0 radical (unpaired) electrons. The Balaban J connectivity index is 1.74. The Bertz CT molecular complexity index is 1140. The molecule has 31 heavy (non-hydrogen) atoms. The fraction of sp³-hybridized carbons (Fsp3) is 0.120. The van der Waals surface area contributed by atoms with Crippen LogP contribution in [-0.2, 0) is 9.59 Å². The molecule has 4 rings (SSSR count). The van der Waals surface area contributed by atoms with E-state index in [1.165, 1.54) is 24.3 Å². The smallest absolute Gasteiger partial charge is 0.282 e. The van der Waals surface area contributed by atoms with E-state index in [1.54, 1.807) is 48.5 Å². The van der Waals surface area contributed by atoms with Gasteiger partial charge in [0.25, 0.3) is 11.8 Å². The van der Waals surface area contributed by atoms with Crippen LogP contribution in [0.1, 0.15) is 18.9 Å². The third-order valence-corrected chi connectivity index (χ3v) is 4.81. The number of rotatable bonds is 7. The number of anilines is 2. The predicted molar refractivity (Wildman–Crippen MR) is 118 cm³/mol. The molecule has 1 aliphatic heterocycles. The first kappa shape index (κ1) is 20.3. The summed E-state index contributed by atoms with van der Waals surface area (Å²) >= 11 is 0. The Hall–Kier alpha value is -3.93. The van der Waals surface area contributed by atoms with Gasteiger partial charge in [0.05, 0.1) is 17.9 Å². The Labute approximate surface area is 179 Å². The number of ether oxygens (including phenoxy) is 1. The molecule has 0 atom stereocenters. The summed E-state index contributed by atoms with van der Waals surface area (Å²) in [4.78, 5) is 27.9. The molecule has 2 amide bonds. The van der Waals surface area contributed by atoms with E-state index < -0.39 is 11.8 Å². The molecule has 0 bridgehead atoms. The van der Waals surface area contributed by atoms with Gasteiger partial charge in [-0.05, 0) is 48.4 Å². The average Bonchev–Trinajstić information content (AvgIpc) is 3.04. The van der Waals surface area contributed by atoms with Crippen LogP contribution in [0, 0.1) is 5.82 Å². The topological polar surface area (TPSA) is 58.6 Å². The van der Waals surface area contributed by atoms with Crippen LogP contribution in [0.25, 0.3) is 5.57 Å². The highest BCUT2D eigenvalue weighted by molar-refractivity contribution is 6.46. The van der Waals surface area contributed by atoms with E-state index in [0.717, 1.165) is 11.3 Å². The van der Waals surface area contributed by atoms with Gasteiger partial charge < -0.3 is 10.1 Å². The summed E-state index contributed by atoms with van der Waals surface area (Å²) in [5.74, 6) is -0.724. The lowest BCUT2D eigenvalue weighted by molar-refractivity contribution is -0.120. The molecule has 0 saturated carbocycles. The highest BCUT2D eigenvalue weighted by Gasteiger charge is 2.40. The van der Waals surface area contributed by atoms with Crippen molar-refractivity contribution in [3.63, 3.8) is 0 Å². The summed E-state index contributed by atoms with van der Waals surface area (Å²) in [5, 5.41) is 3.02. The van der Waals surface area contributed by atoms with E-state index in [9.17, 15) is 14.0 Å². The van der Waals surface area contributed by atoms with Gasteiger partial charge in [-0.25, -0.2) is 9.29 Å². The molecule has 1 aliphatic rings. The second-order valence-corrected chi connectivity index (χ2v) is 7.04. The van der Waals surface area contributed by atoms with Crippen LogP contribution < -0.4 is 15.0 Å². The normalized spacial score (nSPS) is 13.7. The van der Waals surface area contributed by atoms with Crippen molar-refractivity contribution in [1.82, 2.24) is 0 Å². The molecule has 5 nitrogen and oxygen atoms in total. The standard InChI is InChI=1S/C25H21FN2O3/c1-2-15-31-21-10-6-9-20(16-21)28-24(29)22(17-7-4-3-5-8-17)23(25(28)30)27-19-13-11-18(26)12-14-19/h3-14,16,27H,2,15H2,1H3. The van der Waals surface area contributed by atoms with Crippen LogP contribution in [0.2, 0.25) is 0 Å². The van der Waals surface area contributed by atoms with Crippen LogP contribution in [0.4, 0.5) is 15.8 Å². The third-order valence-electron chi connectivity index (χ3n) is 4.81. The molecule has 0 aliphatic carbocycles. The molecular formula is C25H21FN2O3. The molecule has 3 aromatic rings. The molecular weight excluding hydrogens is 395 g/mol. The molecule has 0 unspecified atom stereocenters. The summed E-state index contributed by atoms with van der Waals surface area (Å²) in [7, 11) is 0. The maximum absolute atomic E-state index is 13.4. The minimum atomic E-state index is -0.485. The van der Waals surface area contributed by atoms with E-state index in [2.05, 4.69) is 5.32 Å². The van der Waals surface area contributed by atoms with Gasteiger partial charge in [0.2, 0.25) is 0 Å². The van der Waals surface area contributed by atoms with Gasteiger partial charge in [0.15, 0.2) is 0 Å². The molecule has 0 spiro atoms. The molecule has 0 saturated heterocycles. The van der Waals surface area contributed by atoms with Gasteiger partial charge >= 0.3 is 0 Å². The summed E-state index contributed by atoms with van der Waals surface area (Å²) in [6, 6.07) is 21.5. The summed E-state index contributed by atoms with van der Waals surface area (Å²) < 4.78 is 19.0. The predicted octanol–water partition coefficient (Wildman–Crippen LogP) is 5.01. The number of nitrogens with one attached hydrogen (secondary N) is 1. The lowest BCUT2D eigenvalue weighted by atomic mass is 10.0. The molecule has 6 heteroatoms. The van der Waals surface area contributed by atoms with Gasteiger partial charge in [0.1, 0.15) is 17.3 Å². The molecule has 0 fully saturated rings. The molecule has 1 heterocycles. The average molecular weight is 416 g/mol. The number of amides is 2. The fourth-order valence-corrected chi connectivity index (χ4v) is 3.36. The van der Waals surface area contributed by atoms with Gasteiger partial charge in [0, 0.05) is 11.8 Å². The zero-order chi connectivity index (χ0) is 21.8. The first-order valence-corrected chi connectivity index (χ1v) is 10.0. The second-order valence-electron chi connectivity index (χ2n) is 7.04. The number of carbonyl (C=O) groups excluding carboxylic acids is 2. The third kappa shape index (κ3) is 4.19. The van der Waals surface area contributed by atoms with E-state index in [-0.39, 0.29) is 17.1 Å². The molecule has 1 N–H and O–H groups in total. The van der Waals surface area contributed by atoms with E-state index in [4.69, 9.17) is 4.74 Å². The van der Waals surface area contributed by atoms with Crippen LogP contribution in [0.3, 0.4) is 0 Å². The van der Waals surface area contributed by atoms with Crippen molar-refractivity contribution in [3.05, 3.63) is 95.9 Å². The minimum Gasteiger partial charge on any atom is -0.494 e. The molecule has 156 valence electrons. The number of halogens is 1. The maximum atomic E-state index is 13.4. The Morgan fingerprint density at radius 1 is 0.903 bits per heavy atom. The zero-order valence-corrected chi connectivity index (χ0v) is 17.0. The molecule has 3 aromatic carbocycles. The van der Waals surface area contributed by atoms with Gasteiger partial charge in [-0.15, -0.1) is 0 Å². The lowest BCUT2D eigenvalue weighted by Crippen LogP contribution is -2.32. The Kier molecular flexibility index (Phi) is 5.80. The van der Waals surface area contributed by atoms with Crippen molar-refractivity contribution in [2.75, 3.05) is 16.8 Å². The van der Waals surface area contributed by atoms with Crippen LogP contribution >= 0.6 is 0 Å². The van der Waals surface area contributed by atoms with Crippen LogP contribution in [0.15, 0.2) is 84.6 Å². The zero-order valence-electron chi connectivity index (χ0n) is 17.0. The number of hydrogen-bond donors (Lipinski definition) is 1. The largest absolute Gasteiger partial charge is 0.494 e. The SMILES string of the molecule is CCCOc1cccc(N2C(=O)C(Nc3ccc(F)cc3)=C(c3ccccc3)C2=O)c1. The summed E-state index contributed by atoms with van der Waals surface area (Å²) in [6.07, 6.45) is 0.844. The van der Waals surface area contributed by atoms with Crippen molar-refractivity contribution < 1.29 is 18.7 Å². The first-order valence-electron chi connectivity index (χ1n) is 10.0. The van der Waals surface area contributed by atoms with Crippen molar-refractivity contribution >= 4 is 28.8 Å². The van der Waals surface area contributed by atoms with Gasteiger partial charge in [-0.1, -0.05) is 43.3 Å². The van der Waals surface area contributed by atoms with E-state index in [1.807, 2.05) is 13.0 Å². The highest BCUT2D eigenvalue weighted by atomic mass is 19.1. The Morgan fingerprint density at radius 3 is 2.35 bits per heavy atom. The van der Waals surface area contributed by atoms with Gasteiger partial charge in [-0.2, -0.15) is 0 Å². The summed E-state index contributed by atoms with van der Waals surface area (Å²) in [5.41, 5.74) is 1.95. The highest BCUT2D eigenvalue weighted by Crippen LogP contribution is 2.34. The van der Waals surface area contributed by atoms with Crippen LogP contribution in [-0.4, -0.2) is 18.4 Å². The first-order chi connectivity index (χ1) is 15.1. The quantitative estimate of drug-likeness (QED) is 0.550. The lowest BCUT2D eigenvalue weighted by Gasteiger charge is -2.16. The monoisotopic (exact) mass is 416 g/mol. The fourth-order valence-electron chi connectivity index (χ4n) is 3.36. The number of imide groups is 1. The van der Waals surface area contributed by atoms with Crippen molar-refractivity contribution in [3.8, 4) is 5.75 Å². The number of benzene rings is 3.